The molecule has 2 heteroatoms. The van der Waals surface area contributed by atoms with Crippen molar-refractivity contribution in [3.63, 3.8) is 0 Å². The van der Waals surface area contributed by atoms with Crippen LogP contribution in [0.4, 0.5) is 0 Å². The first kappa shape index (κ1) is 12.3. The van der Waals surface area contributed by atoms with Gasteiger partial charge in [0.25, 0.3) is 0 Å². The van der Waals surface area contributed by atoms with E-state index in [-0.39, 0.29) is 5.78 Å². The lowest BCUT2D eigenvalue weighted by Gasteiger charge is -2.06. The Labute approximate surface area is 115 Å². The van der Waals surface area contributed by atoms with Crippen LogP contribution in [0.15, 0.2) is 48.5 Å². The number of carbonyl (C=O) groups is 1. The van der Waals surface area contributed by atoms with E-state index in [1.807, 2.05) is 42.5 Å². The molecule has 0 aliphatic carbocycles. The molecule has 0 atom stereocenters. The van der Waals surface area contributed by atoms with Gasteiger partial charge in [-0.1, -0.05) is 43.3 Å². The van der Waals surface area contributed by atoms with E-state index in [1.54, 1.807) is 0 Å². The van der Waals surface area contributed by atoms with Gasteiger partial charge in [0, 0.05) is 14.7 Å². The molecule has 2 rings (SSSR count). The van der Waals surface area contributed by atoms with Crippen LogP contribution < -0.4 is 0 Å². The minimum Gasteiger partial charge on any atom is -0.289 e. The van der Waals surface area contributed by atoms with Gasteiger partial charge in [-0.05, 0) is 46.7 Å². The van der Waals surface area contributed by atoms with Crippen LogP contribution in [-0.4, -0.2) is 5.78 Å². The summed E-state index contributed by atoms with van der Waals surface area (Å²) in [7, 11) is 0. The Morgan fingerprint density at radius 3 is 2.47 bits per heavy atom. The van der Waals surface area contributed by atoms with Gasteiger partial charge >= 0.3 is 0 Å². The first-order chi connectivity index (χ1) is 8.22. The number of rotatable bonds is 3. The Bertz CT molecular complexity index is 532. The van der Waals surface area contributed by atoms with Gasteiger partial charge < -0.3 is 0 Å². The summed E-state index contributed by atoms with van der Waals surface area (Å²) in [5, 5.41) is 0. The molecule has 0 saturated carbocycles. The monoisotopic (exact) mass is 336 g/mol. The quantitative estimate of drug-likeness (QED) is 0.610. The summed E-state index contributed by atoms with van der Waals surface area (Å²) in [6, 6.07) is 15.5. The van der Waals surface area contributed by atoms with Crippen molar-refractivity contribution >= 4 is 28.4 Å². The second-order valence-corrected chi connectivity index (χ2v) is 5.03. The zero-order valence-corrected chi connectivity index (χ0v) is 11.8. The Morgan fingerprint density at radius 1 is 1.12 bits per heavy atom. The molecule has 0 bridgehead atoms. The number of benzene rings is 2. The molecular formula is C15H13IO. The SMILES string of the molecule is CCc1ccc(I)c(C(=O)c2ccccc2)c1. The van der Waals surface area contributed by atoms with Crippen molar-refractivity contribution in [2.24, 2.45) is 0 Å². The lowest BCUT2D eigenvalue weighted by Crippen LogP contribution is -2.04. The molecule has 0 N–H and O–H groups in total. The van der Waals surface area contributed by atoms with Crippen LogP contribution >= 0.6 is 22.6 Å². The van der Waals surface area contributed by atoms with Crippen molar-refractivity contribution in [2.75, 3.05) is 0 Å². The Morgan fingerprint density at radius 2 is 1.82 bits per heavy atom. The van der Waals surface area contributed by atoms with Crippen molar-refractivity contribution in [2.45, 2.75) is 13.3 Å². The molecule has 2 aromatic carbocycles. The highest BCUT2D eigenvalue weighted by Gasteiger charge is 2.12. The van der Waals surface area contributed by atoms with Crippen LogP contribution in [0, 0.1) is 3.57 Å². The lowest BCUT2D eigenvalue weighted by molar-refractivity contribution is 0.103. The van der Waals surface area contributed by atoms with E-state index in [1.165, 1.54) is 5.56 Å². The lowest BCUT2D eigenvalue weighted by atomic mass is 10.0. The van der Waals surface area contributed by atoms with Crippen molar-refractivity contribution in [3.05, 3.63) is 68.8 Å². The van der Waals surface area contributed by atoms with Crippen LogP contribution in [0.3, 0.4) is 0 Å². The normalized spacial score (nSPS) is 10.2. The molecular weight excluding hydrogens is 323 g/mol. The van der Waals surface area contributed by atoms with E-state index in [0.29, 0.717) is 0 Å². The molecule has 0 unspecified atom stereocenters. The van der Waals surface area contributed by atoms with E-state index < -0.39 is 0 Å². The molecule has 1 nitrogen and oxygen atoms in total. The fourth-order valence-electron chi connectivity index (χ4n) is 1.71. The Kier molecular flexibility index (Phi) is 3.94. The molecule has 2 aromatic rings. The zero-order valence-electron chi connectivity index (χ0n) is 9.61. The topological polar surface area (TPSA) is 17.1 Å². The Balaban J connectivity index is 2.44. The summed E-state index contributed by atoms with van der Waals surface area (Å²) in [4.78, 5) is 12.3. The highest BCUT2D eigenvalue weighted by atomic mass is 127. The fraction of sp³-hybridized carbons (Fsp3) is 0.133. The summed E-state index contributed by atoms with van der Waals surface area (Å²) >= 11 is 2.21. The molecule has 0 saturated heterocycles. The number of ketones is 1. The van der Waals surface area contributed by atoms with E-state index in [4.69, 9.17) is 0 Å². The maximum Gasteiger partial charge on any atom is 0.194 e. The van der Waals surface area contributed by atoms with Crippen molar-refractivity contribution in [1.29, 1.82) is 0 Å². The number of hydrogen-bond acceptors (Lipinski definition) is 1. The van der Waals surface area contributed by atoms with Crippen molar-refractivity contribution in [3.8, 4) is 0 Å². The maximum atomic E-state index is 12.3. The van der Waals surface area contributed by atoms with Gasteiger partial charge in [0.2, 0.25) is 0 Å². The average Bonchev–Trinajstić information content (AvgIpc) is 2.39. The zero-order chi connectivity index (χ0) is 12.3. The first-order valence-electron chi connectivity index (χ1n) is 5.60. The Hall–Kier alpha value is -1.16. The molecule has 0 spiro atoms. The molecule has 0 amide bonds. The van der Waals surface area contributed by atoms with Crippen LogP contribution in [0.5, 0.6) is 0 Å². The van der Waals surface area contributed by atoms with E-state index in [9.17, 15) is 4.79 Å². The molecule has 0 radical (unpaired) electrons. The van der Waals surface area contributed by atoms with Crippen LogP contribution in [0.25, 0.3) is 0 Å². The van der Waals surface area contributed by atoms with Gasteiger partial charge in [-0.25, -0.2) is 0 Å². The summed E-state index contributed by atoms with van der Waals surface area (Å²) in [6.07, 6.45) is 0.950. The third-order valence-electron chi connectivity index (χ3n) is 2.72. The van der Waals surface area contributed by atoms with Crippen molar-refractivity contribution < 1.29 is 4.79 Å². The second-order valence-electron chi connectivity index (χ2n) is 3.86. The number of carbonyl (C=O) groups excluding carboxylic acids is 1. The molecule has 0 aliphatic rings. The van der Waals surface area contributed by atoms with Gasteiger partial charge in [-0.3, -0.25) is 4.79 Å². The largest absolute Gasteiger partial charge is 0.289 e. The van der Waals surface area contributed by atoms with E-state index >= 15 is 0 Å². The highest BCUT2D eigenvalue weighted by Crippen LogP contribution is 2.18. The molecule has 0 aromatic heterocycles. The minimum absolute atomic E-state index is 0.102. The van der Waals surface area contributed by atoms with Crippen molar-refractivity contribution in [1.82, 2.24) is 0 Å². The van der Waals surface area contributed by atoms with E-state index in [2.05, 4.69) is 35.6 Å². The van der Waals surface area contributed by atoms with Crippen LogP contribution in [0.1, 0.15) is 28.4 Å². The van der Waals surface area contributed by atoms with Gasteiger partial charge in [0.1, 0.15) is 0 Å². The second kappa shape index (κ2) is 5.45. The third kappa shape index (κ3) is 2.75. The maximum absolute atomic E-state index is 12.3. The number of hydrogen-bond donors (Lipinski definition) is 0. The number of halogens is 1. The molecule has 17 heavy (non-hydrogen) atoms. The highest BCUT2D eigenvalue weighted by molar-refractivity contribution is 14.1. The van der Waals surface area contributed by atoms with E-state index in [0.717, 1.165) is 21.1 Å². The molecule has 86 valence electrons. The summed E-state index contributed by atoms with van der Waals surface area (Å²) < 4.78 is 1.01. The summed E-state index contributed by atoms with van der Waals surface area (Å²) in [5.41, 5.74) is 2.75. The summed E-state index contributed by atoms with van der Waals surface area (Å²) in [6.45, 7) is 2.10. The predicted molar refractivity (Wildman–Crippen MR) is 78.4 cm³/mol. The fourth-order valence-corrected chi connectivity index (χ4v) is 2.29. The van der Waals surface area contributed by atoms with Crippen LogP contribution in [0.2, 0.25) is 0 Å². The summed E-state index contributed by atoms with van der Waals surface area (Å²) in [5.74, 6) is 0.102. The molecule has 0 heterocycles. The third-order valence-corrected chi connectivity index (χ3v) is 3.66. The smallest absolute Gasteiger partial charge is 0.194 e. The number of aryl methyl sites for hydroxylation is 1. The predicted octanol–water partition coefficient (Wildman–Crippen LogP) is 4.08. The first-order valence-corrected chi connectivity index (χ1v) is 6.68. The van der Waals surface area contributed by atoms with Gasteiger partial charge in [-0.15, -0.1) is 0 Å². The van der Waals surface area contributed by atoms with Gasteiger partial charge in [-0.2, -0.15) is 0 Å². The average molecular weight is 336 g/mol. The van der Waals surface area contributed by atoms with Crippen LogP contribution in [-0.2, 0) is 6.42 Å². The van der Waals surface area contributed by atoms with Gasteiger partial charge in [0.05, 0.1) is 0 Å². The minimum atomic E-state index is 0.102. The molecule has 0 fully saturated rings. The molecule has 0 aliphatic heterocycles. The standard InChI is InChI=1S/C15H13IO/c1-2-11-8-9-14(16)13(10-11)15(17)12-6-4-3-5-7-12/h3-10H,2H2,1H3. The van der Waals surface area contributed by atoms with Gasteiger partial charge in [0.15, 0.2) is 5.78 Å².